The third-order valence-corrected chi connectivity index (χ3v) is 6.28. The Hall–Kier alpha value is -2.66. The van der Waals surface area contributed by atoms with Crippen molar-refractivity contribution in [3.63, 3.8) is 0 Å². The van der Waals surface area contributed by atoms with E-state index in [4.69, 9.17) is 0 Å². The first-order valence-corrected chi connectivity index (χ1v) is 10.3. The van der Waals surface area contributed by atoms with Gasteiger partial charge in [-0.2, -0.15) is 0 Å². The predicted octanol–water partition coefficient (Wildman–Crippen LogP) is 2.38. The quantitative estimate of drug-likeness (QED) is 0.735. The minimum Gasteiger partial charge on any atom is -0.468 e. The van der Waals surface area contributed by atoms with Crippen LogP contribution in [0.15, 0.2) is 46.2 Å². The maximum Gasteiger partial charge on any atom is 0.325 e. The van der Waals surface area contributed by atoms with Crippen molar-refractivity contribution in [2.45, 2.75) is 9.79 Å². The lowest BCUT2D eigenvalue weighted by Gasteiger charge is -2.28. The molecule has 1 heterocycles. The first kappa shape index (κ1) is 20.1. The van der Waals surface area contributed by atoms with E-state index < -0.39 is 33.3 Å². The summed E-state index contributed by atoms with van der Waals surface area (Å²) < 4.78 is 58.7. The van der Waals surface area contributed by atoms with Crippen molar-refractivity contribution in [1.82, 2.24) is 0 Å². The smallest absolute Gasteiger partial charge is 0.325 e. The van der Waals surface area contributed by atoms with Crippen LogP contribution in [0.3, 0.4) is 0 Å². The van der Waals surface area contributed by atoms with Gasteiger partial charge in [0.05, 0.1) is 29.1 Å². The van der Waals surface area contributed by atoms with Gasteiger partial charge >= 0.3 is 5.97 Å². The number of carbonyl (C=O) groups excluding carboxylic acids is 2. The minimum absolute atomic E-state index is 0.0924. The summed E-state index contributed by atoms with van der Waals surface area (Å²) in [5, 5.41) is 0. The Kier molecular flexibility index (Phi) is 5.57. The molecular weight excluding hydrogens is 414 g/mol. The molecule has 0 atom stereocenters. The van der Waals surface area contributed by atoms with Gasteiger partial charge in [0.2, 0.25) is 5.91 Å². The van der Waals surface area contributed by atoms with E-state index in [1.807, 2.05) is 4.72 Å². The Bertz CT molecular complexity index is 1060. The molecule has 0 aliphatic carbocycles. The van der Waals surface area contributed by atoms with Crippen LogP contribution in [0.2, 0.25) is 0 Å². The molecule has 1 aliphatic rings. The average Bonchev–Trinajstić information content (AvgIpc) is 2.65. The van der Waals surface area contributed by atoms with Crippen molar-refractivity contribution in [2.24, 2.45) is 0 Å². The lowest BCUT2D eigenvalue weighted by Crippen LogP contribution is -2.39. The number of carbonyl (C=O) groups is 2. The molecular formula is C17H14F2N2O5S2. The molecule has 3 rings (SSSR count). The van der Waals surface area contributed by atoms with Crippen LogP contribution in [0.4, 0.5) is 20.2 Å². The largest absolute Gasteiger partial charge is 0.468 e. The van der Waals surface area contributed by atoms with E-state index in [0.29, 0.717) is 11.0 Å². The SMILES string of the molecule is COC(=O)CN1C(=O)CSc2ccc(S(=O)(=O)Nc3ccc(F)cc3F)cc21. The Morgan fingerprint density at radius 3 is 2.68 bits per heavy atom. The fraction of sp³-hybridized carbons (Fsp3) is 0.176. The van der Waals surface area contributed by atoms with Crippen molar-refractivity contribution in [2.75, 3.05) is 29.0 Å². The molecule has 1 N–H and O–H groups in total. The molecule has 28 heavy (non-hydrogen) atoms. The maximum atomic E-state index is 13.8. The van der Waals surface area contributed by atoms with Crippen molar-refractivity contribution in [1.29, 1.82) is 0 Å². The first-order valence-electron chi connectivity index (χ1n) is 7.83. The van der Waals surface area contributed by atoms with Crippen molar-refractivity contribution in [3.05, 3.63) is 48.0 Å². The monoisotopic (exact) mass is 428 g/mol. The van der Waals surface area contributed by atoms with Gasteiger partial charge in [0.1, 0.15) is 18.2 Å². The highest BCUT2D eigenvalue weighted by Gasteiger charge is 2.29. The second-order valence-electron chi connectivity index (χ2n) is 5.70. The molecule has 1 amide bonds. The van der Waals surface area contributed by atoms with E-state index in [1.54, 1.807) is 0 Å². The number of benzene rings is 2. The standard InChI is InChI=1S/C17H14F2N2O5S2/c1-26-17(23)8-21-14-7-11(3-5-15(14)27-9-16(21)22)28(24,25)20-13-4-2-10(18)6-12(13)19/h2-7,20H,8-9H2,1H3. The summed E-state index contributed by atoms with van der Waals surface area (Å²) in [5.74, 6) is -2.86. The van der Waals surface area contributed by atoms with E-state index in [0.717, 1.165) is 17.0 Å². The molecule has 2 aromatic carbocycles. The molecule has 2 aromatic rings. The molecule has 0 spiro atoms. The second-order valence-corrected chi connectivity index (χ2v) is 8.40. The van der Waals surface area contributed by atoms with E-state index in [1.165, 1.54) is 37.1 Å². The lowest BCUT2D eigenvalue weighted by atomic mass is 10.2. The number of nitrogens with zero attached hydrogens (tertiary/aromatic N) is 1. The van der Waals surface area contributed by atoms with E-state index in [2.05, 4.69) is 4.74 Å². The van der Waals surface area contributed by atoms with E-state index in [-0.39, 0.29) is 28.8 Å². The Labute approximate surface area is 163 Å². The van der Waals surface area contributed by atoms with Gasteiger partial charge in [-0.25, -0.2) is 17.2 Å². The third kappa shape index (κ3) is 4.09. The first-order chi connectivity index (χ1) is 13.2. The molecule has 0 saturated carbocycles. The number of esters is 1. The molecule has 7 nitrogen and oxygen atoms in total. The summed E-state index contributed by atoms with van der Waals surface area (Å²) >= 11 is 1.20. The normalized spacial score (nSPS) is 13.8. The van der Waals surface area contributed by atoms with Crippen LogP contribution < -0.4 is 9.62 Å². The number of methoxy groups -OCH3 is 1. The number of fused-ring (bicyclic) bond motifs is 1. The summed E-state index contributed by atoms with van der Waals surface area (Å²) in [7, 11) is -3.06. The number of hydrogen-bond acceptors (Lipinski definition) is 6. The average molecular weight is 428 g/mol. The Morgan fingerprint density at radius 1 is 1.25 bits per heavy atom. The van der Waals surface area contributed by atoms with Gasteiger partial charge in [-0.1, -0.05) is 0 Å². The van der Waals surface area contributed by atoms with Crippen LogP contribution in [0.25, 0.3) is 0 Å². The molecule has 0 unspecified atom stereocenters. The number of amides is 1. The second kappa shape index (κ2) is 7.76. The van der Waals surface area contributed by atoms with Crippen LogP contribution in [0, 0.1) is 11.6 Å². The lowest BCUT2D eigenvalue weighted by molar-refractivity contribution is -0.139. The number of ether oxygens (including phenoxy) is 1. The Balaban J connectivity index is 1.97. The van der Waals surface area contributed by atoms with Gasteiger partial charge in [0, 0.05) is 11.0 Å². The van der Waals surface area contributed by atoms with Gasteiger partial charge < -0.3 is 4.74 Å². The molecule has 148 valence electrons. The van der Waals surface area contributed by atoms with Gasteiger partial charge in [-0.3, -0.25) is 19.2 Å². The van der Waals surface area contributed by atoms with Crippen molar-refractivity contribution in [3.8, 4) is 0 Å². The highest BCUT2D eigenvalue weighted by Crippen LogP contribution is 2.37. The summed E-state index contributed by atoms with van der Waals surface area (Å²) in [6.45, 7) is -0.369. The number of thioether (sulfide) groups is 1. The number of hydrogen-bond donors (Lipinski definition) is 1. The summed E-state index contributed by atoms with van der Waals surface area (Å²) in [6, 6.07) is 6.43. The van der Waals surface area contributed by atoms with Crippen LogP contribution in [-0.2, 0) is 24.3 Å². The maximum absolute atomic E-state index is 13.8. The molecule has 0 radical (unpaired) electrons. The number of anilines is 2. The zero-order chi connectivity index (χ0) is 20.5. The summed E-state index contributed by atoms with van der Waals surface area (Å²) in [4.78, 5) is 25.3. The van der Waals surface area contributed by atoms with Crippen molar-refractivity contribution >= 4 is 45.0 Å². The van der Waals surface area contributed by atoms with Crippen molar-refractivity contribution < 1.29 is 31.5 Å². The topological polar surface area (TPSA) is 92.8 Å². The zero-order valence-electron chi connectivity index (χ0n) is 14.4. The minimum atomic E-state index is -4.23. The highest BCUT2D eigenvalue weighted by molar-refractivity contribution is 8.00. The summed E-state index contributed by atoms with van der Waals surface area (Å²) in [5.41, 5.74) is -0.190. The number of halogens is 2. The van der Waals surface area contributed by atoms with E-state index >= 15 is 0 Å². The van der Waals surface area contributed by atoms with Crippen LogP contribution in [-0.4, -0.2) is 39.7 Å². The Morgan fingerprint density at radius 2 is 2.00 bits per heavy atom. The fourth-order valence-electron chi connectivity index (χ4n) is 2.49. The van der Waals surface area contributed by atoms with Gasteiger partial charge in [0.15, 0.2) is 0 Å². The van der Waals surface area contributed by atoms with Gasteiger partial charge in [-0.05, 0) is 30.3 Å². The van der Waals surface area contributed by atoms with Gasteiger partial charge in [0.25, 0.3) is 10.0 Å². The number of rotatable bonds is 5. The molecule has 0 fully saturated rings. The molecule has 0 bridgehead atoms. The number of sulfonamides is 1. The zero-order valence-corrected chi connectivity index (χ0v) is 16.1. The molecule has 1 aliphatic heterocycles. The third-order valence-electron chi connectivity index (χ3n) is 3.87. The van der Waals surface area contributed by atoms with Gasteiger partial charge in [-0.15, -0.1) is 11.8 Å². The predicted molar refractivity (Wildman–Crippen MR) is 98.7 cm³/mol. The highest BCUT2D eigenvalue weighted by atomic mass is 32.2. The van der Waals surface area contributed by atoms with Crippen LogP contribution in [0.1, 0.15) is 0 Å². The molecule has 11 heteroatoms. The number of nitrogens with one attached hydrogen (secondary N) is 1. The fourth-order valence-corrected chi connectivity index (χ4v) is 4.49. The summed E-state index contributed by atoms with van der Waals surface area (Å²) in [6.07, 6.45) is 0. The van der Waals surface area contributed by atoms with Crippen LogP contribution in [0.5, 0.6) is 0 Å². The molecule has 0 saturated heterocycles. The van der Waals surface area contributed by atoms with E-state index in [9.17, 15) is 26.8 Å². The van der Waals surface area contributed by atoms with Crippen LogP contribution >= 0.6 is 11.8 Å². The molecule has 0 aromatic heterocycles.